The number of hydrogen-bond acceptors (Lipinski definition) is 3. The van der Waals surface area contributed by atoms with Crippen molar-refractivity contribution in [3.8, 4) is 0 Å². The normalized spacial score (nSPS) is 24.6. The molecule has 0 saturated heterocycles. The second kappa shape index (κ2) is 6.03. The number of anilines is 1. The summed E-state index contributed by atoms with van der Waals surface area (Å²) in [6, 6.07) is 8.39. The highest BCUT2D eigenvalue weighted by Crippen LogP contribution is 2.22. The average molecular weight is 235 g/mol. The van der Waals surface area contributed by atoms with Crippen molar-refractivity contribution in [2.45, 2.75) is 44.4 Å². The molecular weight excluding hydrogens is 214 g/mol. The molecule has 2 N–H and O–H groups in total. The molecule has 0 spiro atoms. The highest BCUT2D eigenvalue weighted by atomic mass is 16.5. The van der Waals surface area contributed by atoms with Crippen LogP contribution in [-0.4, -0.2) is 24.4 Å². The summed E-state index contributed by atoms with van der Waals surface area (Å²) >= 11 is 0. The van der Waals surface area contributed by atoms with Crippen LogP contribution in [0.25, 0.3) is 0 Å². The number of aliphatic hydroxyl groups is 1. The molecule has 1 aromatic rings. The standard InChI is InChI=1S/C14H21NO2/c1-17-10-11-5-4-6-12(9-11)15-13-7-2-3-8-14(13)16/h4-6,9,13-16H,2-3,7-8,10H2,1H3/t13-,14-/m1/s1. The molecule has 94 valence electrons. The lowest BCUT2D eigenvalue weighted by Gasteiger charge is -2.29. The van der Waals surface area contributed by atoms with Crippen molar-refractivity contribution in [1.29, 1.82) is 0 Å². The van der Waals surface area contributed by atoms with Gasteiger partial charge in [-0.2, -0.15) is 0 Å². The average Bonchev–Trinajstić information content (AvgIpc) is 2.33. The predicted octanol–water partition coefficient (Wildman–Crippen LogP) is 2.55. The zero-order valence-corrected chi connectivity index (χ0v) is 10.4. The van der Waals surface area contributed by atoms with Gasteiger partial charge in [-0.05, 0) is 30.5 Å². The molecule has 3 nitrogen and oxygen atoms in total. The fourth-order valence-electron chi connectivity index (χ4n) is 2.41. The Hall–Kier alpha value is -1.06. The van der Waals surface area contributed by atoms with Crippen molar-refractivity contribution in [1.82, 2.24) is 0 Å². The molecule has 1 saturated carbocycles. The molecular formula is C14H21NO2. The van der Waals surface area contributed by atoms with E-state index >= 15 is 0 Å². The van der Waals surface area contributed by atoms with Gasteiger partial charge in [0.15, 0.2) is 0 Å². The van der Waals surface area contributed by atoms with Gasteiger partial charge in [-0.15, -0.1) is 0 Å². The zero-order valence-electron chi connectivity index (χ0n) is 10.4. The van der Waals surface area contributed by atoms with Gasteiger partial charge < -0.3 is 15.2 Å². The number of ether oxygens (including phenoxy) is 1. The molecule has 0 radical (unpaired) electrons. The summed E-state index contributed by atoms with van der Waals surface area (Å²) in [5.74, 6) is 0. The van der Waals surface area contributed by atoms with Crippen molar-refractivity contribution in [3.05, 3.63) is 29.8 Å². The molecule has 1 fully saturated rings. The summed E-state index contributed by atoms with van der Waals surface area (Å²) in [6.45, 7) is 0.628. The quantitative estimate of drug-likeness (QED) is 0.842. The van der Waals surface area contributed by atoms with E-state index in [0.29, 0.717) is 6.61 Å². The molecule has 0 bridgehead atoms. The molecule has 2 rings (SSSR count). The fourth-order valence-corrected chi connectivity index (χ4v) is 2.41. The predicted molar refractivity (Wildman–Crippen MR) is 69.0 cm³/mol. The Labute approximate surface area is 103 Å². The van der Waals surface area contributed by atoms with E-state index in [1.165, 1.54) is 6.42 Å². The van der Waals surface area contributed by atoms with Gasteiger partial charge in [0.2, 0.25) is 0 Å². The van der Waals surface area contributed by atoms with Crippen molar-refractivity contribution in [2.75, 3.05) is 12.4 Å². The third-order valence-electron chi connectivity index (χ3n) is 3.32. The molecule has 2 atom stereocenters. The van der Waals surface area contributed by atoms with Gasteiger partial charge in [0.25, 0.3) is 0 Å². The second-order valence-electron chi connectivity index (χ2n) is 4.74. The maximum absolute atomic E-state index is 9.92. The minimum absolute atomic E-state index is 0.196. The smallest absolute Gasteiger partial charge is 0.0741 e. The van der Waals surface area contributed by atoms with Crippen LogP contribution in [0.5, 0.6) is 0 Å². The summed E-state index contributed by atoms with van der Waals surface area (Å²) < 4.78 is 5.12. The van der Waals surface area contributed by atoms with Gasteiger partial charge >= 0.3 is 0 Å². The van der Waals surface area contributed by atoms with Crippen molar-refractivity contribution >= 4 is 5.69 Å². The summed E-state index contributed by atoms with van der Waals surface area (Å²) in [5.41, 5.74) is 2.23. The summed E-state index contributed by atoms with van der Waals surface area (Å²) in [4.78, 5) is 0. The number of aliphatic hydroxyl groups excluding tert-OH is 1. The van der Waals surface area contributed by atoms with Crippen LogP contribution in [0.2, 0.25) is 0 Å². The lowest BCUT2D eigenvalue weighted by Crippen LogP contribution is -2.36. The topological polar surface area (TPSA) is 41.5 Å². The van der Waals surface area contributed by atoms with Gasteiger partial charge in [-0.3, -0.25) is 0 Å². The van der Waals surface area contributed by atoms with Crippen LogP contribution in [0.3, 0.4) is 0 Å². The molecule has 1 aliphatic carbocycles. The third-order valence-corrected chi connectivity index (χ3v) is 3.32. The largest absolute Gasteiger partial charge is 0.391 e. The Morgan fingerprint density at radius 2 is 2.18 bits per heavy atom. The number of hydrogen-bond donors (Lipinski definition) is 2. The van der Waals surface area contributed by atoms with E-state index in [1.54, 1.807) is 7.11 Å². The molecule has 0 aliphatic heterocycles. The Morgan fingerprint density at radius 1 is 1.35 bits per heavy atom. The highest BCUT2D eigenvalue weighted by molar-refractivity contribution is 5.46. The van der Waals surface area contributed by atoms with Crippen molar-refractivity contribution < 1.29 is 9.84 Å². The van der Waals surface area contributed by atoms with E-state index in [-0.39, 0.29) is 12.1 Å². The first-order valence-electron chi connectivity index (χ1n) is 6.32. The molecule has 1 aliphatic rings. The molecule has 0 heterocycles. The van der Waals surface area contributed by atoms with Crippen molar-refractivity contribution in [3.63, 3.8) is 0 Å². The van der Waals surface area contributed by atoms with Crippen LogP contribution in [0.1, 0.15) is 31.2 Å². The van der Waals surface area contributed by atoms with E-state index < -0.39 is 0 Å². The van der Waals surface area contributed by atoms with E-state index in [0.717, 1.165) is 30.5 Å². The van der Waals surface area contributed by atoms with Crippen molar-refractivity contribution in [2.24, 2.45) is 0 Å². The lowest BCUT2D eigenvalue weighted by molar-refractivity contribution is 0.116. The van der Waals surface area contributed by atoms with Crippen LogP contribution in [-0.2, 0) is 11.3 Å². The molecule has 1 aromatic carbocycles. The molecule has 17 heavy (non-hydrogen) atoms. The first kappa shape index (κ1) is 12.4. The number of benzene rings is 1. The molecule has 0 aromatic heterocycles. The Morgan fingerprint density at radius 3 is 2.94 bits per heavy atom. The lowest BCUT2D eigenvalue weighted by atomic mass is 9.92. The van der Waals surface area contributed by atoms with Gasteiger partial charge in [0.1, 0.15) is 0 Å². The Kier molecular flexibility index (Phi) is 4.40. The summed E-state index contributed by atoms with van der Waals surface area (Å²) in [5, 5.41) is 13.3. The van der Waals surface area contributed by atoms with E-state index in [9.17, 15) is 5.11 Å². The van der Waals surface area contributed by atoms with Gasteiger partial charge in [0.05, 0.1) is 18.8 Å². The van der Waals surface area contributed by atoms with E-state index in [4.69, 9.17) is 4.74 Å². The monoisotopic (exact) mass is 235 g/mol. The summed E-state index contributed by atoms with van der Waals surface area (Å²) in [6.07, 6.45) is 4.09. The third kappa shape index (κ3) is 3.45. The Balaban J connectivity index is 1.99. The zero-order chi connectivity index (χ0) is 12.1. The minimum Gasteiger partial charge on any atom is -0.391 e. The van der Waals surface area contributed by atoms with Crippen LogP contribution in [0.15, 0.2) is 24.3 Å². The van der Waals surface area contributed by atoms with Gasteiger partial charge in [0, 0.05) is 12.8 Å². The fraction of sp³-hybridized carbons (Fsp3) is 0.571. The highest BCUT2D eigenvalue weighted by Gasteiger charge is 2.22. The minimum atomic E-state index is -0.213. The molecule has 0 amide bonds. The first-order valence-corrected chi connectivity index (χ1v) is 6.32. The number of methoxy groups -OCH3 is 1. The second-order valence-corrected chi connectivity index (χ2v) is 4.74. The van der Waals surface area contributed by atoms with E-state index in [2.05, 4.69) is 11.4 Å². The van der Waals surface area contributed by atoms with Crippen LogP contribution >= 0.6 is 0 Å². The first-order chi connectivity index (χ1) is 8.29. The summed E-state index contributed by atoms with van der Waals surface area (Å²) in [7, 11) is 1.70. The SMILES string of the molecule is COCc1cccc(N[C@@H]2CCCC[C@H]2O)c1. The van der Waals surface area contributed by atoms with E-state index in [1.807, 2.05) is 18.2 Å². The van der Waals surface area contributed by atoms with Crippen LogP contribution in [0, 0.1) is 0 Å². The maximum atomic E-state index is 9.92. The Bertz CT molecular complexity index is 354. The molecule has 0 unspecified atom stereocenters. The van der Waals surface area contributed by atoms with Gasteiger partial charge in [-0.25, -0.2) is 0 Å². The number of rotatable bonds is 4. The maximum Gasteiger partial charge on any atom is 0.0741 e. The van der Waals surface area contributed by atoms with Crippen LogP contribution < -0.4 is 5.32 Å². The molecule has 3 heteroatoms. The van der Waals surface area contributed by atoms with Gasteiger partial charge in [-0.1, -0.05) is 25.0 Å². The van der Waals surface area contributed by atoms with Crippen LogP contribution in [0.4, 0.5) is 5.69 Å². The number of nitrogens with one attached hydrogen (secondary N) is 1.